The molecule has 0 unspecified atom stereocenters. The summed E-state index contributed by atoms with van der Waals surface area (Å²) in [6, 6.07) is 4.54. The molecule has 0 amide bonds. The van der Waals surface area contributed by atoms with Crippen LogP contribution >= 0.6 is 11.6 Å². The first-order chi connectivity index (χ1) is 9.59. The van der Waals surface area contributed by atoms with Gasteiger partial charge >= 0.3 is 12.4 Å². The highest BCUT2D eigenvalue weighted by Crippen LogP contribution is 2.37. The van der Waals surface area contributed by atoms with E-state index < -0.39 is 23.5 Å². The average molecular weight is 326 g/mol. The minimum atomic E-state index is -4.66. The van der Waals surface area contributed by atoms with Crippen molar-refractivity contribution in [1.29, 1.82) is 0 Å². The molecule has 0 fully saturated rings. The Hall–Kier alpha value is -1.76. The molecule has 0 N–H and O–H groups in total. The average Bonchev–Trinajstić information content (AvgIpc) is 2.37. The van der Waals surface area contributed by atoms with Gasteiger partial charge in [0, 0.05) is 11.8 Å². The van der Waals surface area contributed by atoms with E-state index in [2.05, 4.69) is 4.98 Å². The molecule has 0 saturated carbocycles. The van der Waals surface area contributed by atoms with Gasteiger partial charge in [-0.2, -0.15) is 26.3 Å². The molecule has 0 bridgehead atoms. The van der Waals surface area contributed by atoms with Gasteiger partial charge in [0.1, 0.15) is 5.15 Å². The maximum absolute atomic E-state index is 12.6. The van der Waals surface area contributed by atoms with E-state index in [4.69, 9.17) is 11.6 Å². The zero-order valence-corrected chi connectivity index (χ0v) is 10.8. The number of benzene rings is 1. The molecule has 0 saturated heterocycles. The van der Waals surface area contributed by atoms with Crippen molar-refractivity contribution in [3.63, 3.8) is 0 Å². The maximum atomic E-state index is 12.6. The third-order valence-corrected chi connectivity index (χ3v) is 2.97. The molecule has 1 aromatic carbocycles. The Kier molecular flexibility index (Phi) is 3.88. The Bertz CT molecular complexity index is 662. The Morgan fingerprint density at radius 2 is 1.48 bits per heavy atom. The Morgan fingerprint density at radius 3 is 2.05 bits per heavy atom. The summed E-state index contributed by atoms with van der Waals surface area (Å²) in [5, 5.41) is -0.303. The highest BCUT2D eigenvalue weighted by atomic mass is 35.5. The highest BCUT2D eigenvalue weighted by Gasteiger charge is 2.33. The highest BCUT2D eigenvalue weighted by molar-refractivity contribution is 6.32. The van der Waals surface area contributed by atoms with Gasteiger partial charge in [-0.3, -0.25) is 0 Å². The first-order valence-electron chi connectivity index (χ1n) is 5.49. The molecule has 2 aromatic rings. The van der Waals surface area contributed by atoms with Crippen LogP contribution in [-0.4, -0.2) is 4.98 Å². The lowest BCUT2D eigenvalue weighted by molar-refractivity contribution is -0.138. The van der Waals surface area contributed by atoms with Crippen molar-refractivity contribution in [2.45, 2.75) is 12.4 Å². The van der Waals surface area contributed by atoms with Gasteiger partial charge in [-0.05, 0) is 23.8 Å². The molecule has 1 nitrogen and oxygen atoms in total. The van der Waals surface area contributed by atoms with Crippen LogP contribution in [0.3, 0.4) is 0 Å². The fourth-order valence-electron chi connectivity index (χ4n) is 1.67. The zero-order valence-electron chi connectivity index (χ0n) is 10.1. The van der Waals surface area contributed by atoms with Gasteiger partial charge in [0.05, 0.1) is 11.1 Å². The molecule has 2 rings (SSSR count). The zero-order chi connectivity index (χ0) is 15.8. The lowest BCUT2D eigenvalue weighted by atomic mass is 10.0. The molecule has 112 valence electrons. The minimum Gasteiger partial charge on any atom is -0.243 e. The second-order valence-corrected chi connectivity index (χ2v) is 4.50. The normalized spacial score (nSPS) is 12.5. The van der Waals surface area contributed by atoms with Crippen molar-refractivity contribution >= 4 is 11.6 Å². The first-order valence-corrected chi connectivity index (χ1v) is 5.87. The lowest BCUT2D eigenvalue weighted by Gasteiger charge is -2.12. The molecule has 0 aliphatic carbocycles. The van der Waals surface area contributed by atoms with Crippen molar-refractivity contribution in [2.75, 3.05) is 0 Å². The van der Waals surface area contributed by atoms with Crippen molar-refractivity contribution in [3.8, 4) is 11.1 Å². The summed E-state index contributed by atoms with van der Waals surface area (Å²) in [6.07, 6.45) is -8.73. The van der Waals surface area contributed by atoms with Crippen LogP contribution < -0.4 is 0 Å². The van der Waals surface area contributed by atoms with Crippen LogP contribution in [0.1, 0.15) is 11.1 Å². The number of alkyl halides is 6. The molecular weight excluding hydrogens is 320 g/mol. The van der Waals surface area contributed by atoms with Gasteiger partial charge in [-0.25, -0.2) is 4.98 Å². The van der Waals surface area contributed by atoms with Crippen LogP contribution in [0.4, 0.5) is 26.3 Å². The summed E-state index contributed by atoms with van der Waals surface area (Å²) >= 11 is 5.69. The van der Waals surface area contributed by atoms with Gasteiger partial charge in [0.2, 0.25) is 0 Å². The van der Waals surface area contributed by atoms with Crippen LogP contribution in [0.15, 0.2) is 36.5 Å². The van der Waals surface area contributed by atoms with Crippen molar-refractivity contribution in [1.82, 2.24) is 4.98 Å². The van der Waals surface area contributed by atoms with Gasteiger partial charge in [0.25, 0.3) is 0 Å². The third-order valence-electron chi connectivity index (χ3n) is 2.67. The Labute approximate surface area is 120 Å². The third kappa shape index (κ3) is 3.47. The van der Waals surface area contributed by atoms with E-state index in [0.29, 0.717) is 12.3 Å². The van der Waals surface area contributed by atoms with Crippen molar-refractivity contribution < 1.29 is 26.3 Å². The van der Waals surface area contributed by atoms with Crippen LogP contribution in [0, 0.1) is 0 Å². The second kappa shape index (κ2) is 5.22. The van der Waals surface area contributed by atoms with E-state index in [9.17, 15) is 26.3 Å². The van der Waals surface area contributed by atoms with E-state index in [1.54, 1.807) is 0 Å². The molecule has 0 aliphatic rings. The van der Waals surface area contributed by atoms with Gasteiger partial charge in [-0.1, -0.05) is 23.7 Å². The van der Waals surface area contributed by atoms with E-state index in [-0.39, 0.29) is 16.3 Å². The summed E-state index contributed by atoms with van der Waals surface area (Å²) in [6.45, 7) is 0. The van der Waals surface area contributed by atoms with Crippen molar-refractivity contribution in [3.05, 3.63) is 52.8 Å². The fourth-order valence-corrected chi connectivity index (χ4v) is 1.88. The number of pyridine rings is 1. The van der Waals surface area contributed by atoms with Gasteiger partial charge in [0.15, 0.2) is 0 Å². The van der Waals surface area contributed by atoms with E-state index in [0.717, 1.165) is 18.2 Å². The number of halogens is 7. The lowest BCUT2D eigenvalue weighted by Crippen LogP contribution is -2.07. The molecule has 21 heavy (non-hydrogen) atoms. The van der Waals surface area contributed by atoms with E-state index in [1.807, 2.05) is 0 Å². The summed E-state index contributed by atoms with van der Waals surface area (Å²) in [5.41, 5.74) is -2.36. The molecule has 0 radical (unpaired) electrons. The Morgan fingerprint density at radius 1 is 0.857 bits per heavy atom. The SMILES string of the molecule is FC(F)(F)c1cccc(-c2cc(C(F)(F)F)cnc2Cl)c1. The van der Waals surface area contributed by atoms with Gasteiger partial charge < -0.3 is 0 Å². The standard InChI is InChI=1S/C13H6ClF6N/c14-11-10(5-9(6-21-11)13(18,19)20)7-2-1-3-8(4-7)12(15,16)17/h1-6H. The predicted octanol–water partition coefficient (Wildman–Crippen LogP) is 5.44. The van der Waals surface area contributed by atoms with Gasteiger partial charge in [-0.15, -0.1) is 0 Å². The van der Waals surface area contributed by atoms with Crippen LogP contribution in [0.2, 0.25) is 5.15 Å². The van der Waals surface area contributed by atoms with Crippen LogP contribution in [0.25, 0.3) is 11.1 Å². The maximum Gasteiger partial charge on any atom is 0.417 e. The van der Waals surface area contributed by atoms with Crippen LogP contribution in [0.5, 0.6) is 0 Å². The predicted molar refractivity (Wildman–Crippen MR) is 64.7 cm³/mol. The second-order valence-electron chi connectivity index (χ2n) is 4.14. The molecular formula is C13H6ClF6N. The monoisotopic (exact) mass is 325 g/mol. The van der Waals surface area contributed by atoms with E-state index in [1.165, 1.54) is 6.07 Å². The molecule has 0 aliphatic heterocycles. The smallest absolute Gasteiger partial charge is 0.243 e. The summed E-state index contributed by atoms with van der Waals surface area (Å²) in [7, 11) is 0. The Balaban J connectivity index is 2.57. The topological polar surface area (TPSA) is 12.9 Å². The molecule has 8 heteroatoms. The van der Waals surface area contributed by atoms with E-state index >= 15 is 0 Å². The van der Waals surface area contributed by atoms with Crippen molar-refractivity contribution in [2.24, 2.45) is 0 Å². The largest absolute Gasteiger partial charge is 0.417 e. The number of hydrogen-bond donors (Lipinski definition) is 0. The number of rotatable bonds is 1. The summed E-state index contributed by atoms with van der Waals surface area (Å²) in [4.78, 5) is 3.38. The van der Waals surface area contributed by atoms with Crippen LogP contribution in [-0.2, 0) is 12.4 Å². The quantitative estimate of drug-likeness (QED) is 0.502. The molecule has 1 aromatic heterocycles. The fraction of sp³-hybridized carbons (Fsp3) is 0.154. The molecule has 0 spiro atoms. The summed E-state index contributed by atoms with van der Waals surface area (Å²) < 4.78 is 75.7. The first kappa shape index (κ1) is 15.6. The molecule has 1 heterocycles. The number of aromatic nitrogens is 1. The summed E-state index contributed by atoms with van der Waals surface area (Å²) in [5.74, 6) is 0. The molecule has 0 atom stereocenters. The minimum absolute atomic E-state index is 0.0894. The number of hydrogen-bond acceptors (Lipinski definition) is 1. The number of nitrogens with zero attached hydrogens (tertiary/aromatic N) is 1.